The second kappa shape index (κ2) is 7.39. The smallest absolute Gasteiger partial charge is 0.367 e. The Bertz CT molecular complexity index is 526. The van der Waals surface area contributed by atoms with Crippen LogP contribution < -0.4 is 11.5 Å². The maximum atomic E-state index is 12.6. The van der Waals surface area contributed by atoms with E-state index >= 15 is 0 Å². The topological polar surface area (TPSA) is 90.7 Å². The van der Waals surface area contributed by atoms with Gasteiger partial charge in [-0.15, -0.1) is 12.4 Å². The summed E-state index contributed by atoms with van der Waals surface area (Å²) in [4.78, 5) is 15.3. The molecule has 1 aromatic rings. The van der Waals surface area contributed by atoms with Gasteiger partial charge < -0.3 is 16.3 Å². The molecule has 20 heavy (non-hydrogen) atoms. The normalized spacial score (nSPS) is 10.8. The van der Waals surface area contributed by atoms with Gasteiger partial charge in [0.2, 0.25) is 5.96 Å². The average molecular weight is 310 g/mol. The molecule has 9 heteroatoms. The van der Waals surface area contributed by atoms with Gasteiger partial charge in [-0.3, -0.25) is 0 Å². The summed E-state index contributed by atoms with van der Waals surface area (Å²) in [5, 5.41) is 2.96. The van der Waals surface area contributed by atoms with Crippen LogP contribution in [-0.2, 0) is 15.8 Å². The van der Waals surface area contributed by atoms with Crippen molar-refractivity contribution in [3.63, 3.8) is 0 Å². The second-order valence-corrected chi connectivity index (χ2v) is 3.34. The Labute approximate surface area is 118 Å². The van der Waals surface area contributed by atoms with Crippen molar-refractivity contribution in [2.75, 3.05) is 0 Å². The molecule has 0 aliphatic heterocycles. The van der Waals surface area contributed by atoms with Crippen molar-refractivity contribution >= 4 is 30.4 Å². The van der Waals surface area contributed by atoms with E-state index in [0.29, 0.717) is 0 Å². The maximum Gasteiger partial charge on any atom is 0.416 e. The number of benzene rings is 1. The first-order valence-electron chi connectivity index (χ1n) is 4.95. The number of hydrogen-bond acceptors (Lipinski definition) is 3. The molecule has 1 rings (SSSR count). The summed E-state index contributed by atoms with van der Waals surface area (Å²) in [6, 6.07) is 4.78. The predicted octanol–water partition coefficient (Wildman–Crippen LogP) is 1.87. The fourth-order valence-electron chi connectivity index (χ4n) is 1.19. The van der Waals surface area contributed by atoms with E-state index in [1.54, 1.807) is 0 Å². The van der Waals surface area contributed by atoms with E-state index in [4.69, 9.17) is 11.5 Å². The average Bonchev–Trinajstić information content (AvgIpc) is 2.33. The summed E-state index contributed by atoms with van der Waals surface area (Å²) in [7, 11) is 0. The van der Waals surface area contributed by atoms with Crippen LogP contribution in [-0.4, -0.2) is 11.9 Å². The van der Waals surface area contributed by atoms with Crippen LogP contribution >= 0.6 is 12.4 Å². The third-order valence-corrected chi connectivity index (χ3v) is 1.91. The van der Waals surface area contributed by atoms with Crippen LogP contribution in [0.2, 0.25) is 0 Å². The lowest BCUT2D eigenvalue weighted by Gasteiger charge is -2.09. The summed E-state index contributed by atoms with van der Waals surface area (Å²) in [6.45, 7) is 0. The van der Waals surface area contributed by atoms with Gasteiger partial charge in [-0.1, -0.05) is 18.2 Å². The number of carbonyl (C=O) groups excluding carboxylic acids is 1. The molecule has 5 nitrogen and oxygen atoms in total. The number of guanidine groups is 1. The highest BCUT2D eigenvalue weighted by atomic mass is 35.5. The van der Waals surface area contributed by atoms with Crippen LogP contribution in [0.15, 0.2) is 35.5 Å². The number of alkyl halides is 3. The molecule has 4 N–H and O–H groups in total. The van der Waals surface area contributed by atoms with Crippen LogP contribution in [0.4, 0.5) is 13.2 Å². The third kappa shape index (κ3) is 5.61. The molecule has 0 atom stereocenters. The molecule has 0 heterocycles. The Hall–Kier alpha value is -2.22. The lowest BCUT2D eigenvalue weighted by atomic mass is 10.1. The molecule has 0 radical (unpaired) electrons. The van der Waals surface area contributed by atoms with Gasteiger partial charge in [-0.05, 0) is 22.9 Å². The van der Waals surface area contributed by atoms with Crippen molar-refractivity contribution < 1.29 is 22.8 Å². The number of nitrogens with zero attached hydrogens (tertiary/aromatic N) is 1. The molecule has 0 saturated heterocycles. The minimum Gasteiger partial charge on any atom is -0.367 e. The molecular formula is C11H11ClF3N3O2. The number of halogens is 4. The van der Waals surface area contributed by atoms with Crippen molar-refractivity contribution in [2.45, 2.75) is 6.18 Å². The lowest BCUT2D eigenvalue weighted by Crippen LogP contribution is -2.23. The van der Waals surface area contributed by atoms with E-state index in [9.17, 15) is 18.0 Å². The molecule has 0 unspecified atom stereocenters. The van der Waals surface area contributed by atoms with Crippen molar-refractivity contribution in [3.05, 3.63) is 41.5 Å². The lowest BCUT2D eigenvalue weighted by molar-refractivity contribution is -0.138. The van der Waals surface area contributed by atoms with Crippen LogP contribution in [0.25, 0.3) is 6.08 Å². The van der Waals surface area contributed by atoms with Gasteiger partial charge in [-0.25, -0.2) is 4.79 Å². The van der Waals surface area contributed by atoms with E-state index in [1.807, 2.05) is 0 Å². The monoisotopic (exact) mass is 309 g/mol. The van der Waals surface area contributed by atoms with Crippen molar-refractivity contribution in [1.82, 2.24) is 0 Å². The summed E-state index contributed by atoms with van der Waals surface area (Å²) < 4.78 is 37.9. The largest absolute Gasteiger partial charge is 0.416 e. The van der Waals surface area contributed by atoms with Crippen molar-refractivity contribution in [1.29, 1.82) is 0 Å². The van der Waals surface area contributed by atoms with Gasteiger partial charge in [0.05, 0.1) is 5.56 Å². The van der Waals surface area contributed by atoms with Crippen LogP contribution in [0.3, 0.4) is 0 Å². The van der Waals surface area contributed by atoms with Gasteiger partial charge in [0.25, 0.3) is 0 Å². The van der Waals surface area contributed by atoms with Crippen LogP contribution in [0.5, 0.6) is 0 Å². The van der Waals surface area contributed by atoms with Gasteiger partial charge in [-0.2, -0.15) is 13.2 Å². The summed E-state index contributed by atoms with van der Waals surface area (Å²) in [5.74, 6) is -1.47. The minimum absolute atomic E-state index is 0. The molecule has 0 aliphatic rings. The van der Waals surface area contributed by atoms with Gasteiger partial charge >= 0.3 is 12.1 Å². The SMILES string of the molecule is Cl.NC(N)=NOC(=O)/C=C/c1ccccc1C(F)(F)F. The zero-order valence-corrected chi connectivity index (χ0v) is 10.7. The molecule has 0 aromatic heterocycles. The molecule has 1 aromatic carbocycles. The Kier molecular flexibility index (Phi) is 6.57. The molecule has 0 spiro atoms. The predicted molar refractivity (Wildman–Crippen MR) is 69.6 cm³/mol. The van der Waals surface area contributed by atoms with E-state index in [1.165, 1.54) is 18.2 Å². The molecule has 0 fully saturated rings. The molecule has 0 aliphatic carbocycles. The third-order valence-electron chi connectivity index (χ3n) is 1.91. The summed E-state index contributed by atoms with van der Waals surface area (Å²) >= 11 is 0. The fourth-order valence-corrected chi connectivity index (χ4v) is 1.19. The van der Waals surface area contributed by atoms with E-state index in [-0.39, 0.29) is 18.0 Å². The summed E-state index contributed by atoms with van der Waals surface area (Å²) in [6.07, 6.45) is -2.75. The molecule has 0 saturated carbocycles. The standard InChI is InChI=1S/C11H10F3N3O2.ClH/c12-11(13,14)8-4-2-1-3-7(8)5-6-9(18)19-17-10(15)16;/h1-6H,(H4,15,16,17);1H/b6-5+;. The number of hydrogen-bond donors (Lipinski definition) is 2. The first kappa shape index (κ1) is 17.8. The number of carbonyl (C=O) groups is 1. The molecule has 110 valence electrons. The summed E-state index contributed by atoms with van der Waals surface area (Å²) in [5.41, 5.74) is 8.78. The Morgan fingerprint density at radius 1 is 1.25 bits per heavy atom. The van der Waals surface area contributed by atoms with Crippen LogP contribution in [0.1, 0.15) is 11.1 Å². The number of rotatable bonds is 3. The van der Waals surface area contributed by atoms with Crippen molar-refractivity contribution in [2.24, 2.45) is 16.6 Å². The van der Waals surface area contributed by atoms with Crippen LogP contribution in [0, 0.1) is 0 Å². The van der Waals surface area contributed by atoms with E-state index in [0.717, 1.165) is 18.2 Å². The van der Waals surface area contributed by atoms with E-state index in [2.05, 4.69) is 9.99 Å². The Morgan fingerprint density at radius 2 is 1.85 bits per heavy atom. The molecule has 0 amide bonds. The van der Waals surface area contributed by atoms with Crippen molar-refractivity contribution in [3.8, 4) is 0 Å². The number of oxime groups is 1. The van der Waals surface area contributed by atoms with Gasteiger partial charge in [0, 0.05) is 6.08 Å². The Morgan fingerprint density at radius 3 is 2.40 bits per heavy atom. The quantitative estimate of drug-likeness (QED) is 0.293. The first-order valence-corrected chi connectivity index (χ1v) is 4.95. The van der Waals surface area contributed by atoms with Gasteiger partial charge in [0.15, 0.2) is 0 Å². The highest BCUT2D eigenvalue weighted by Crippen LogP contribution is 2.32. The fraction of sp³-hybridized carbons (Fsp3) is 0.0909. The van der Waals surface area contributed by atoms with Gasteiger partial charge in [0.1, 0.15) is 0 Å². The first-order chi connectivity index (χ1) is 8.80. The van der Waals surface area contributed by atoms with E-state index < -0.39 is 23.7 Å². The number of nitrogens with two attached hydrogens (primary N) is 2. The molecular weight excluding hydrogens is 299 g/mol. The highest BCUT2D eigenvalue weighted by molar-refractivity contribution is 5.88. The minimum atomic E-state index is -4.51. The zero-order chi connectivity index (χ0) is 14.5. The molecule has 0 bridgehead atoms. The zero-order valence-electron chi connectivity index (χ0n) is 9.92. The second-order valence-electron chi connectivity index (χ2n) is 3.34. The highest BCUT2D eigenvalue weighted by Gasteiger charge is 2.32. The maximum absolute atomic E-state index is 12.6. The Balaban J connectivity index is 0.00000361.